The fourth-order valence-electron chi connectivity index (χ4n) is 5.32. The molecular weight excluding hydrogens is 426 g/mol. The maximum Gasteiger partial charge on any atom is 0.256 e. The Morgan fingerprint density at radius 1 is 1.06 bits per heavy atom. The second-order valence-corrected chi connectivity index (χ2v) is 9.66. The molecule has 5 rings (SSSR count). The molecule has 6 heteroatoms. The quantitative estimate of drug-likeness (QED) is 0.587. The van der Waals surface area contributed by atoms with E-state index in [2.05, 4.69) is 47.3 Å². The average Bonchev–Trinajstić information content (AvgIpc) is 3.10. The topological polar surface area (TPSA) is 54.9 Å². The monoisotopic (exact) mass is 459 g/mol. The maximum atomic E-state index is 14.1. The first-order chi connectivity index (χ1) is 16.6. The molecule has 2 fully saturated rings. The van der Waals surface area contributed by atoms with Crippen molar-refractivity contribution < 1.29 is 14.3 Å². The summed E-state index contributed by atoms with van der Waals surface area (Å²) in [6.45, 7) is 4.43. The van der Waals surface area contributed by atoms with Crippen LogP contribution in [0.15, 0.2) is 67.0 Å². The van der Waals surface area contributed by atoms with Crippen LogP contribution >= 0.6 is 0 Å². The van der Waals surface area contributed by atoms with Gasteiger partial charge in [-0.15, -0.1) is 0 Å². The lowest BCUT2D eigenvalue weighted by atomic mass is 9.90. The van der Waals surface area contributed by atoms with E-state index >= 15 is 0 Å². The molecule has 0 spiro atoms. The number of benzene rings is 2. The summed E-state index contributed by atoms with van der Waals surface area (Å²) in [7, 11) is 2.07. The first kappa shape index (κ1) is 23.0. The van der Waals surface area contributed by atoms with Crippen LogP contribution in [0.4, 0.5) is 0 Å². The van der Waals surface area contributed by atoms with Gasteiger partial charge in [-0.05, 0) is 30.0 Å². The number of morpholine rings is 1. The molecule has 1 aromatic heterocycles. The maximum absolute atomic E-state index is 14.1. The van der Waals surface area contributed by atoms with E-state index in [0.29, 0.717) is 45.9 Å². The molecule has 6 nitrogen and oxygen atoms in total. The van der Waals surface area contributed by atoms with Gasteiger partial charge in [0.2, 0.25) is 0 Å². The molecule has 2 aromatic carbocycles. The Bertz CT molecular complexity index is 1120. The van der Waals surface area contributed by atoms with Gasteiger partial charge in [0.25, 0.3) is 5.91 Å². The number of fused-ring (bicyclic) bond motifs is 1. The molecule has 0 unspecified atom stereocenters. The number of nitrogens with zero attached hydrogens (tertiary/aromatic N) is 3. The minimum Gasteiger partial charge on any atom is -0.379 e. The van der Waals surface area contributed by atoms with Crippen molar-refractivity contribution >= 4 is 16.7 Å². The summed E-state index contributed by atoms with van der Waals surface area (Å²) in [6.07, 6.45) is 5.26. The zero-order valence-corrected chi connectivity index (χ0v) is 19.9. The zero-order chi connectivity index (χ0) is 23.4. The molecule has 0 saturated carbocycles. The van der Waals surface area contributed by atoms with E-state index in [-0.39, 0.29) is 11.8 Å². The van der Waals surface area contributed by atoms with E-state index in [0.717, 1.165) is 23.9 Å². The minimum atomic E-state index is -0.871. The lowest BCUT2D eigenvalue weighted by molar-refractivity contribution is -0.170. The molecule has 0 N–H and O–H groups in total. The van der Waals surface area contributed by atoms with Crippen LogP contribution in [-0.4, -0.2) is 79.3 Å². The third kappa shape index (κ3) is 4.99. The zero-order valence-electron chi connectivity index (χ0n) is 19.9. The smallest absolute Gasteiger partial charge is 0.256 e. The van der Waals surface area contributed by atoms with Gasteiger partial charge in [-0.2, -0.15) is 0 Å². The molecule has 2 saturated heterocycles. The minimum absolute atomic E-state index is 0.0782. The molecule has 34 heavy (non-hydrogen) atoms. The number of hydrogen-bond acceptors (Lipinski definition) is 5. The Kier molecular flexibility index (Phi) is 6.90. The van der Waals surface area contributed by atoms with Gasteiger partial charge in [-0.25, -0.2) is 0 Å². The van der Waals surface area contributed by atoms with E-state index in [4.69, 9.17) is 9.47 Å². The number of aromatic nitrogens is 1. The van der Waals surface area contributed by atoms with Gasteiger partial charge in [-0.1, -0.05) is 54.6 Å². The van der Waals surface area contributed by atoms with Crippen LogP contribution in [0, 0.1) is 5.92 Å². The van der Waals surface area contributed by atoms with Crippen molar-refractivity contribution in [3.63, 3.8) is 0 Å². The van der Waals surface area contributed by atoms with E-state index in [1.165, 1.54) is 10.9 Å². The Morgan fingerprint density at radius 2 is 1.88 bits per heavy atom. The highest BCUT2D eigenvalue weighted by Crippen LogP contribution is 2.28. The van der Waals surface area contributed by atoms with Crippen LogP contribution in [-0.2, 0) is 27.1 Å². The highest BCUT2D eigenvalue weighted by molar-refractivity contribution is 5.86. The van der Waals surface area contributed by atoms with Crippen LogP contribution in [0.5, 0.6) is 0 Å². The highest BCUT2D eigenvalue weighted by atomic mass is 16.5. The van der Waals surface area contributed by atoms with Gasteiger partial charge in [0.1, 0.15) is 0 Å². The Labute approximate surface area is 201 Å². The summed E-state index contributed by atoms with van der Waals surface area (Å²) in [5.74, 6) is 0.281. The van der Waals surface area contributed by atoms with Crippen molar-refractivity contribution in [1.82, 2.24) is 14.8 Å². The van der Waals surface area contributed by atoms with Crippen molar-refractivity contribution in [1.29, 1.82) is 0 Å². The molecule has 0 radical (unpaired) electrons. The number of carbonyl (C=O) groups is 1. The third-order valence-corrected chi connectivity index (χ3v) is 6.98. The van der Waals surface area contributed by atoms with Crippen LogP contribution in [0.3, 0.4) is 0 Å². The standard InChI is InChI=1S/C28H33N3O3/c1-30-11-14-34-28(21-30,16-22-7-3-2-4-8-22)27(32)31-12-13-33-20-23(19-31)15-25-18-29-17-24-9-5-6-10-26(24)25/h2-10,17-18,23H,11-16,19-21H2,1H3/t23-,28+/m0/s1. The molecule has 0 aliphatic carbocycles. The molecule has 3 heterocycles. The van der Waals surface area contributed by atoms with Gasteiger partial charge in [0, 0.05) is 56.3 Å². The predicted molar refractivity (Wildman–Crippen MR) is 133 cm³/mol. The second kappa shape index (κ2) is 10.2. The van der Waals surface area contributed by atoms with Crippen LogP contribution in [0.2, 0.25) is 0 Å². The number of amides is 1. The molecule has 0 bridgehead atoms. The fourth-order valence-corrected chi connectivity index (χ4v) is 5.32. The van der Waals surface area contributed by atoms with Gasteiger partial charge in [0.05, 0.1) is 19.8 Å². The van der Waals surface area contributed by atoms with E-state index in [1.54, 1.807) is 0 Å². The van der Waals surface area contributed by atoms with Gasteiger partial charge in [0.15, 0.2) is 5.60 Å². The lowest BCUT2D eigenvalue weighted by Crippen LogP contribution is -2.61. The molecule has 178 valence electrons. The number of pyridine rings is 1. The third-order valence-electron chi connectivity index (χ3n) is 6.98. The highest BCUT2D eigenvalue weighted by Gasteiger charge is 2.46. The van der Waals surface area contributed by atoms with E-state index in [9.17, 15) is 4.79 Å². The average molecular weight is 460 g/mol. The summed E-state index contributed by atoms with van der Waals surface area (Å²) >= 11 is 0. The van der Waals surface area contributed by atoms with Crippen molar-refractivity contribution in [3.05, 3.63) is 78.1 Å². The molecule has 2 aliphatic rings. The first-order valence-corrected chi connectivity index (χ1v) is 12.2. The van der Waals surface area contributed by atoms with E-state index < -0.39 is 5.60 Å². The van der Waals surface area contributed by atoms with Crippen molar-refractivity contribution in [2.75, 3.05) is 53.0 Å². The fraction of sp³-hybridized carbons (Fsp3) is 0.429. The lowest BCUT2D eigenvalue weighted by Gasteiger charge is -2.43. The number of carbonyl (C=O) groups excluding carboxylic acids is 1. The van der Waals surface area contributed by atoms with Crippen LogP contribution in [0.1, 0.15) is 11.1 Å². The predicted octanol–water partition coefficient (Wildman–Crippen LogP) is 3.20. The number of ether oxygens (including phenoxy) is 2. The Hall–Kier alpha value is -2.80. The molecule has 3 aromatic rings. The van der Waals surface area contributed by atoms with E-state index in [1.807, 2.05) is 41.6 Å². The van der Waals surface area contributed by atoms with Gasteiger partial charge < -0.3 is 19.3 Å². The van der Waals surface area contributed by atoms with Crippen LogP contribution < -0.4 is 0 Å². The van der Waals surface area contributed by atoms with Crippen molar-refractivity contribution in [2.45, 2.75) is 18.4 Å². The number of hydrogen-bond donors (Lipinski definition) is 0. The summed E-state index contributed by atoms with van der Waals surface area (Å²) in [5, 5.41) is 2.36. The summed E-state index contributed by atoms with van der Waals surface area (Å²) in [6, 6.07) is 18.5. The normalized spacial score (nSPS) is 24.1. The van der Waals surface area contributed by atoms with Crippen LogP contribution in [0.25, 0.3) is 10.8 Å². The molecule has 2 aliphatic heterocycles. The Morgan fingerprint density at radius 3 is 2.74 bits per heavy atom. The SMILES string of the molecule is CN1CCO[C@@](Cc2ccccc2)(C(=O)N2CCOC[C@@H](Cc3cncc4ccccc34)C2)C1. The van der Waals surface area contributed by atoms with Gasteiger partial charge >= 0.3 is 0 Å². The summed E-state index contributed by atoms with van der Waals surface area (Å²) in [4.78, 5) is 22.7. The largest absolute Gasteiger partial charge is 0.379 e. The van der Waals surface area contributed by atoms with Crippen molar-refractivity contribution in [3.8, 4) is 0 Å². The number of rotatable bonds is 5. The molecule has 2 atom stereocenters. The second-order valence-electron chi connectivity index (χ2n) is 9.66. The first-order valence-electron chi connectivity index (χ1n) is 12.2. The van der Waals surface area contributed by atoms with Gasteiger partial charge in [-0.3, -0.25) is 9.78 Å². The van der Waals surface area contributed by atoms with Crippen molar-refractivity contribution in [2.24, 2.45) is 5.92 Å². The summed E-state index contributed by atoms with van der Waals surface area (Å²) in [5.41, 5.74) is 1.45. The Balaban J connectivity index is 1.38. The number of likely N-dealkylation sites (N-methyl/N-ethyl adjacent to an activating group) is 1. The molecule has 1 amide bonds. The summed E-state index contributed by atoms with van der Waals surface area (Å²) < 4.78 is 12.3. The molecular formula is C28H33N3O3.